The first-order valence-electron chi connectivity index (χ1n) is 12.1. The van der Waals surface area contributed by atoms with E-state index >= 15 is 0 Å². The SMILES string of the molecule is CCn1c(CCCOc2ccc(Cl)cc2Cl)nnc1SCC(=O)Nc1sc(C(N)=O)c(C)c1C(=O)OC(C)C. The van der Waals surface area contributed by atoms with Crippen LogP contribution in [0.4, 0.5) is 5.00 Å². The third-order valence-electron chi connectivity index (χ3n) is 5.31. The number of esters is 1. The number of thioether (sulfide) groups is 1. The average molecular weight is 615 g/mol. The van der Waals surface area contributed by atoms with Gasteiger partial charge in [0.15, 0.2) is 5.16 Å². The van der Waals surface area contributed by atoms with E-state index in [0.717, 1.165) is 17.2 Å². The minimum atomic E-state index is -0.684. The summed E-state index contributed by atoms with van der Waals surface area (Å²) in [5.41, 5.74) is 5.95. The second-order valence-electron chi connectivity index (χ2n) is 8.59. The van der Waals surface area contributed by atoms with Crippen LogP contribution in [0.25, 0.3) is 0 Å². The Morgan fingerprint density at radius 1 is 1.23 bits per heavy atom. The quantitative estimate of drug-likeness (QED) is 0.149. The van der Waals surface area contributed by atoms with Gasteiger partial charge < -0.3 is 25.1 Å². The molecule has 210 valence electrons. The largest absolute Gasteiger partial charge is 0.492 e. The van der Waals surface area contributed by atoms with Crippen LogP contribution in [0.5, 0.6) is 5.75 Å². The van der Waals surface area contributed by atoms with E-state index in [4.69, 9.17) is 38.4 Å². The summed E-state index contributed by atoms with van der Waals surface area (Å²) in [5.74, 6) is -0.355. The van der Waals surface area contributed by atoms with Crippen LogP contribution in [0.3, 0.4) is 0 Å². The highest BCUT2D eigenvalue weighted by molar-refractivity contribution is 7.99. The highest BCUT2D eigenvalue weighted by Crippen LogP contribution is 2.34. The maximum Gasteiger partial charge on any atom is 0.341 e. The molecule has 2 heterocycles. The molecule has 0 spiro atoms. The second-order valence-corrected chi connectivity index (χ2v) is 11.4. The normalized spacial score (nSPS) is 11.1. The first-order chi connectivity index (χ1) is 18.5. The number of halogens is 2. The lowest BCUT2D eigenvalue weighted by atomic mass is 10.1. The number of benzene rings is 1. The topological polar surface area (TPSA) is 138 Å². The molecule has 0 aliphatic heterocycles. The van der Waals surface area contributed by atoms with Crippen molar-refractivity contribution in [1.29, 1.82) is 0 Å². The smallest absolute Gasteiger partial charge is 0.341 e. The van der Waals surface area contributed by atoms with Gasteiger partial charge in [-0.3, -0.25) is 9.59 Å². The van der Waals surface area contributed by atoms with Crippen LogP contribution in [-0.4, -0.2) is 51.0 Å². The van der Waals surface area contributed by atoms with Gasteiger partial charge in [0.25, 0.3) is 5.91 Å². The fourth-order valence-corrected chi connectivity index (χ4v) is 5.93. The number of hydrogen-bond donors (Lipinski definition) is 2. The summed E-state index contributed by atoms with van der Waals surface area (Å²) < 4.78 is 13.0. The van der Waals surface area contributed by atoms with Crippen molar-refractivity contribution in [2.75, 3.05) is 17.7 Å². The molecule has 3 N–H and O–H groups in total. The number of rotatable bonds is 13. The number of thiophene rings is 1. The van der Waals surface area contributed by atoms with Crippen LogP contribution in [0.1, 0.15) is 58.6 Å². The van der Waals surface area contributed by atoms with E-state index in [9.17, 15) is 14.4 Å². The van der Waals surface area contributed by atoms with Crippen LogP contribution >= 0.6 is 46.3 Å². The van der Waals surface area contributed by atoms with Crippen molar-refractivity contribution >= 4 is 69.1 Å². The van der Waals surface area contributed by atoms with Gasteiger partial charge in [-0.25, -0.2) is 4.79 Å². The van der Waals surface area contributed by atoms with E-state index in [-0.39, 0.29) is 33.2 Å². The molecule has 0 fully saturated rings. The van der Waals surface area contributed by atoms with Crippen molar-refractivity contribution in [3.05, 3.63) is 50.1 Å². The number of aryl methyl sites for hydroxylation is 1. The Balaban J connectivity index is 1.60. The molecular formula is C25H29Cl2N5O5S2. The molecule has 0 aliphatic rings. The Morgan fingerprint density at radius 2 is 1.97 bits per heavy atom. The maximum atomic E-state index is 12.8. The Labute approximate surface area is 244 Å². The molecule has 1 aromatic carbocycles. The minimum absolute atomic E-state index is 0.0117. The number of nitrogens with two attached hydrogens (primary N) is 1. The summed E-state index contributed by atoms with van der Waals surface area (Å²) >= 11 is 14.2. The zero-order valence-electron chi connectivity index (χ0n) is 21.9. The molecule has 2 amide bonds. The second kappa shape index (κ2) is 14.0. The zero-order chi connectivity index (χ0) is 28.7. The summed E-state index contributed by atoms with van der Waals surface area (Å²) in [6.45, 7) is 8.03. The monoisotopic (exact) mass is 613 g/mol. The van der Waals surface area contributed by atoms with Crippen LogP contribution in [0.2, 0.25) is 10.0 Å². The Morgan fingerprint density at radius 3 is 2.62 bits per heavy atom. The predicted molar refractivity (Wildman–Crippen MR) is 153 cm³/mol. The number of amides is 2. The van der Waals surface area contributed by atoms with Gasteiger partial charge in [0.05, 0.1) is 33.9 Å². The van der Waals surface area contributed by atoms with Crippen molar-refractivity contribution in [3.8, 4) is 5.75 Å². The Bertz CT molecular complexity index is 1360. The van der Waals surface area contributed by atoms with Crippen LogP contribution in [0.15, 0.2) is 23.4 Å². The third-order valence-corrected chi connectivity index (χ3v) is 8.03. The predicted octanol–water partition coefficient (Wildman–Crippen LogP) is 5.38. The van der Waals surface area contributed by atoms with Crippen molar-refractivity contribution in [1.82, 2.24) is 14.8 Å². The molecule has 0 saturated heterocycles. The maximum absolute atomic E-state index is 12.8. The molecule has 10 nitrogen and oxygen atoms in total. The Kier molecular flexibility index (Phi) is 11.0. The molecule has 14 heteroatoms. The van der Waals surface area contributed by atoms with Crippen molar-refractivity contribution in [2.45, 2.75) is 58.3 Å². The highest BCUT2D eigenvalue weighted by Gasteiger charge is 2.26. The molecule has 3 aromatic rings. The van der Waals surface area contributed by atoms with Gasteiger partial charge in [-0.2, -0.15) is 0 Å². The summed E-state index contributed by atoms with van der Waals surface area (Å²) in [4.78, 5) is 37.4. The number of nitrogens with one attached hydrogen (secondary N) is 1. The molecule has 0 atom stereocenters. The van der Waals surface area contributed by atoms with E-state index < -0.39 is 11.9 Å². The molecule has 0 bridgehead atoms. The summed E-state index contributed by atoms with van der Waals surface area (Å²) in [5, 5.41) is 13.0. The van der Waals surface area contributed by atoms with Gasteiger partial charge in [0.2, 0.25) is 5.91 Å². The van der Waals surface area contributed by atoms with Crippen LogP contribution < -0.4 is 15.8 Å². The first-order valence-corrected chi connectivity index (χ1v) is 14.6. The van der Waals surface area contributed by atoms with Crippen LogP contribution in [-0.2, 0) is 22.5 Å². The highest BCUT2D eigenvalue weighted by atomic mass is 35.5. The lowest BCUT2D eigenvalue weighted by Gasteiger charge is -2.11. The van der Waals surface area contributed by atoms with Gasteiger partial charge in [0, 0.05) is 18.0 Å². The number of ether oxygens (including phenoxy) is 2. The van der Waals surface area contributed by atoms with Gasteiger partial charge in [-0.05, 0) is 57.9 Å². The summed E-state index contributed by atoms with van der Waals surface area (Å²) in [6.07, 6.45) is 0.923. The van der Waals surface area contributed by atoms with Crippen molar-refractivity contribution < 1.29 is 23.9 Å². The van der Waals surface area contributed by atoms with Gasteiger partial charge in [0.1, 0.15) is 16.6 Å². The molecule has 0 unspecified atom stereocenters. The number of nitrogens with zero attached hydrogens (tertiary/aromatic N) is 3. The number of carbonyl (C=O) groups is 3. The van der Waals surface area contributed by atoms with Gasteiger partial charge in [-0.15, -0.1) is 21.5 Å². The van der Waals surface area contributed by atoms with Gasteiger partial charge in [-0.1, -0.05) is 35.0 Å². The molecule has 3 rings (SSSR count). The van der Waals surface area contributed by atoms with E-state index in [1.54, 1.807) is 39.0 Å². The van der Waals surface area contributed by atoms with Crippen molar-refractivity contribution in [3.63, 3.8) is 0 Å². The van der Waals surface area contributed by atoms with E-state index in [2.05, 4.69) is 15.5 Å². The first kappa shape index (κ1) is 30.7. The molecule has 0 aliphatic carbocycles. The van der Waals surface area contributed by atoms with Gasteiger partial charge >= 0.3 is 5.97 Å². The molecular weight excluding hydrogens is 585 g/mol. The molecule has 39 heavy (non-hydrogen) atoms. The van der Waals surface area contributed by atoms with Crippen molar-refractivity contribution in [2.24, 2.45) is 5.73 Å². The third kappa shape index (κ3) is 8.10. The summed E-state index contributed by atoms with van der Waals surface area (Å²) in [7, 11) is 0. The fraction of sp³-hybridized carbons (Fsp3) is 0.400. The van der Waals surface area contributed by atoms with E-state index in [0.29, 0.717) is 52.5 Å². The molecule has 2 aromatic heterocycles. The number of anilines is 1. The summed E-state index contributed by atoms with van der Waals surface area (Å²) in [6, 6.07) is 5.06. The minimum Gasteiger partial charge on any atom is -0.492 e. The fourth-order valence-electron chi connectivity index (χ4n) is 3.58. The van der Waals surface area contributed by atoms with E-state index in [1.807, 2.05) is 11.5 Å². The lowest BCUT2D eigenvalue weighted by molar-refractivity contribution is -0.113. The zero-order valence-corrected chi connectivity index (χ0v) is 25.0. The number of primary amides is 1. The number of hydrogen-bond acceptors (Lipinski definition) is 9. The average Bonchev–Trinajstić information content (AvgIpc) is 3.40. The Hall–Kier alpha value is -2.80. The molecule has 0 radical (unpaired) electrons. The molecule has 0 saturated carbocycles. The lowest BCUT2D eigenvalue weighted by Crippen LogP contribution is -2.18. The number of carbonyl (C=O) groups excluding carboxylic acids is 3. The standard InChI is InChI=1S/C25H29Cl2N5O5S2/c1-5-32-18(7-6-10-36-17-9-8-15(26)11-16(17)27)30-31-25(32)38-12-19(33)29-23-20(24(35)37-13(2)3)14(4)21(39-23)22(28)34/h8-9,11,13H,5-7,10,12H2,1-4H3,(H2,28,34)(H,29,33). The number of aromatic nitrogens is 3. The van der Waals surface area contributed by atoms with Crippen LogP contribution in [0, 0.1) is 6.92 Å². The van der Waals surface area contributed by atoms with E-state index in [1.165, 1.54) is 11.8 Å².